The number of rotatable bonds is 4. The van der Waals surface area contributed by atoms with E-state index in [9.17, 15) is 9.59 Å². The van der Waals surface area contributed by atoms with Crippen molar-refractivity contribution >= 4 is 23.2 Å². The lowest BCUT2D eigenvalue weighted by molar-refractivity contribution is -0.128. The predicted molar refractivity (Wildman–Crippen MR) is 81.3 cm³/mol. The molecular formula is C15H21N3O3. The van der Waals surface area contributed by atoms with Crippen molar-refractivity contribution in [2.75, 3.05) is 30.3 Å². The highest BCUT2D eigenvalue weighted by Gasteiger charge is 2.22. The van der Waals surface area contributed by atoms with Gasteiger partial charge in [0.15, 0.2) is 0 Å². The van der Waals surface area contributed by atoms with Crippen LogP contribution in [-0.2, 0) is 14.3 Å². The van der Waals surface area contributed by atoms with E-state index in [1.165, 1.54) is 0 Å². The van der Waals surface area contributed by atoms with E-state index < -0.39 is 6.10 Å². The molecule has 0 radical (unpaired) electrons. The van der Waals surface area contributed by atoms with Crippen molar-refractivity contribution in [2.45, 2.75) is 26.4 Å². The van der Waals surface area contributed by atoms with Gasteiger partial charge in [-0.2, -0.15) is 0 Å². The molecule has 1 aromatic carbocycles. The summed E-state index contributed by atoms with van der Waals surface area (Å²) in [6.07, 6.45) is -0.0658. The third kappa shape index (κ3) is 4.27. The van der Waals surface area contributed by atoms with Gasteiger partial charge >= 0.3 is 0 Å². The minimum atomic E-state index is -0.480. The molecule has 1 unspecified atom stereocenters. The Morgan fingerprint density at radius 3 is 2.86 bits per heavy atom. The Labute approximate surface area is 124 Å². The van der Waals surface area contributed by atoms with Gasteiger partial charge in [-0.1, -0.05) is 13.0 Å². The zero-order valence-electron chi connectivity index (χ0n) is 12.4. The van der Waals surface area contributed by atoms with Gasteiger partial charge < -0.3 is 20.7 Å². The summed E-state index contributed by atoms with van der Waals surface area (Å²) in [7, 11) is 0. The number of carbonyl (C=O) groups is 2. The van der Waals surface area contributed by atoms with Gasteiger partial charge in [0.25, 0.3) is 5.91 Å². The highest BCUT2D eigenvalue weighted by atomic mass is 16.5. The van der Waals surface area contributed by atoms with Crippen molar-refractivity contribution < 1.29 is 14.3 Å². The fourth-order valence-electron chi connectivity index (χ4n) is 2.03. The average Bonchev–Trinajstić information content (AvgIpc) is 2.51. The standard InChI is InChI=1S/C15H21N3O3/c1-3-14(19)17-11-5-4-10(2)12(8-11)18-15(20)13-9-16-6-7-21-13/h4-5,8,13,16H,3,6-7,9H2,1-2H3,(H,17,19)(H,18,20). The van der Waals surface area contributed by atoms with Crippen LogP contribution in [0.2, 0.25) is 0 Å². The molecule has 114 valence electrons. The molecule has 0 bridgehead atoms. The molecule has 6 heteroatoms. The van der Waals surface area contributed by atoms with Crippen LogP contribution in [0.1, 0.15) is 18.9 Å². The first-order chi connectivity index (χ1) is 10.1. The summed E-state index contributed by atoms with van der Waals surface area (Å²) < 4.78 is 5.42. The van der Waals surface area contributed by atoms with Gasteiger partial charge in [0.2, 0.25) is 5.91 Å². The van der Waals surface area contributed by atoms with E-state index in [-0.39, 0.29) is 11.8 Å². The summed E-state index contributed by atoms with van der Waals surface area (Å²) in [5.41, 5.74) is 2.29. The summed E-state index contributed by atoms with van der Waals surface area (Å²) >= 11 is 0. The largest absolute Gasteiger partial charge is 0.366 e. The topological polar surface area (TPSA) is 79.5 Å². The van der Waals surface area contributed by atoms with E-state index in [0.717, 1.165) is 12.1 Å². The van der Waals surface area contributed by atoms with Crippen LogP contribution in [0, 0.1) is 6.92 Å². The zero-order valence-corrected chi connectivity index (χ0v) is 12.4. The number of carbonyl (C=O) groups excluding carboxylic acids is 2. The Kier molecular flexibility index (Phi) is 5.30. The number of anilines is 2. The van der Waals surface area contributed by atoms with Crippen LogP contribution in [0.25, 0.3) is 0 Å². The zero-order chi connectivity index (χ0) is 15.2. The highest BCUT2D eigenvalue weighted by molar-refractivity contribution is 5.96. The summed E-state index contributed by atoms with van der Waals surface area (Å²) in [6.45, 7) is 5.50. The van der Waals surface area contributed by atoms with Crippen molar-refractivity contribution in [1.29, 1.82) is 0 Å². The summed E-state index contributed by atoms with van der Waals surface area (Å²) in [5, 5.41) is 8.75. The van der Waals surface area contributed by atoms with E-state index in [1.54, 1.807) is 13.0 Å². The van der Waals surface area contributed by atoms with Gasteiger partial charge in [-0.05, 0) is 24.6 Å². The third-order valence-electron chi connectivity index (χ3n) is 3.32. The number of hydrogen-bond donors (Lipinski definition) is 3. The van der Waals surface area contributed by atoms with Crippen LogP contribution in [0.4, 0.5) is 11.4 Å². The molecular weight excluding hydrogens is 270 g/mol. The second-order valence-electron chi connectivity index (χ2n) is 4.98. The molecule has 1 aliphatic rings. The fraction of sp³-hybridized carbons (Fsp3) is 0.467. The first-order valence-corrected chi connectivity index (χ1v) is 7.14. The van der Waals surface area contributed by atoms with Crippen LogP contribution < -0.4 is 16.0 Å². The fourth-order valence-corrected chi connectivity index (χ4v) is 2.03. The Balaban J connectivity index is 2.05. The van der Waals surface area contributed by atoms with Crippen LogP contribution in [0.5, 0.6) is 0 Å². The Hall–Kier alpha value is -1.92. The number of morpholine rings is 1. The number of hydrogen-bond acceptors (Lipinski definition) is 4. The van der Waals surface area contributed by atoms with Gasteiger partial charge in [-0.15, -0.1) is 0 Å². The highest BCUT2D eigenvalue weighted by Crippen LogP contribution is 2.21. The van der Waals surface area contributed by atoms with Crippen LogP contribution in [0.15, 0.2) is 18.2 Å². The third-order valence-corrected chi connectivity index (χ3v) is 3.32. The van der Waals surface area contributed by atoms with Gasteiger partial charge in [-0.25, -0.2) is 0 Å². The predicted octanol–water partition coefficient (Wildman–Crippen LogP) is 1.27. The second kappa shape index (κ2) is 7.19. The van der Waals surface area contributed by atoms with Crippen molar-refractivity contribution in [1.82, 2.24) is 5.32 Å². The number of nitrogens with one attached hydrogen (secondary N) is 3. The molecule has 1 saturated heterocycles. The molecule has 6 nitrogen and oxygen atoms in total. The lowest BCUT2D eigenvalue weighted by Crippen LogP contribution is -2.45. The molecule has 1 aromatic rings. The van der Waals surface area contributed by atoms with Crippen LogP contribution in [-0.4, -0.2) is 37.6 Å². The second-order valence-corrected chi connectivity index (χ2v) is 4.98. The van der Waals surface area contributed by atoms with E-state index in [0.29, 0.717) is 30.9 Å². The molecule has 1 aliphatic heterocycles. The van der Waals surface area contributed by atoms with Crippen LogP contribution >= 0.6 is 0 Å². The SMILES string of the molecule is CCC(=O)Nc1ccc(C)c(NC(=O)C2CNCCO2)c1. The molecule has 1 atom stereocenters. The number of aryl methyl sites for hydroxylation is 1. The van der Waals surface area contributed by atoms with E-state index in [4.69, 9.17) is 4.74 Å². The quantitative estimate of drug-likeness (QED) is 0.780. The maximum absolute atomic E-state index is 12.1. The summed E-state index contributed by atoms with van der Waals surface area (Å²) in [4.78, 5) is 23.6. The molecule has 2 amide bonds. The first-order valence-electron chi connectivity index (χ1n) is 7.14. The van der Waals surface area contributed by atoms with E-state index >= 15 is 0 Å². The molecule has 1 fully saturated rings. The molecule has 2 rings (SSSR count). The van der Waals surface area contributed by atoms with Crippen molar-refractivity contribution in [2.24, 2.45) is 0 Å². The van der Waals surface area contributed by atoms with Crippen molar-refractivity contribution in [3.8, 4) is 0 Å². The lowest BCUT2D eigenvalue weighted by atomic mass is 10.1. The molecule has 1 heterocycles. The summed E-state index contributed by atoms with van der Waals surface area (Å²) in [6, 6.07) is 5.44. The maximum atomic E-state index is 12.1. The molecule has 21 heavy (non-hydrogen) atoms. The molecule has 0 saturated carbocycles. The minimum absolute atomic E-state index is 0.0593. The summed E-state index contributed by atoms with van der Waals surface area (Å²) in [5.74, 6) is -0.236. The van der Waals surface area contributed by atoms with Gasteiger partial charge in [0.05, 0.1) is 6.61 Å². The number of benzene rings is 1. The van der Waals surface area contributed by atoms with Crippen molar-refractivity contribution in [3.05, 3.63) is 23.8 Å². The first kappa shape index (κ1) is 15.5. The normalized spacial score (nSPS) is 18.1. The van der Waals surface area contributed by atoms with Gasteiger partial charge in [0, 0.05) is 30.9 Å². The minimum Gasteiger partial charge on any atom is -0.366 e. The van der Waals surface area contributed by atoms with E-state index in [1.807, 2.05) is 19.1 Å². The lowest BCUT2D eigenvalue weighted by Gasteiger charge is -2.23. The molecule has 0 aliphatic carbocycles. The molecule has 3 N–H and O–H groups in total. The monoisotopic (exact) mass is 291 g/mol. The Morgan fingerprint density at radius 2 is 2.19 bits per heavy atom. The number of amides is 2. The van der Waals surface area contributed by atoms with E-state index in [2.05, 4.69) is 16.0 Å². The van der Waals surface area contributed by atoms with Crippen molar-refractivity contribution in [3.63, 3.8) is 0 Å². The maximum Gasteiger partial charge on any atom is 0.254 e. The Bertz CT molecular complexity index is 525. The molecule has 0 spiro atoms. The average molecular weight is 291 g/mol. The van der Waals surface area contributed by atoms with Crippen LogP contribution in [0.3, 0.4) is 0 Å². The van der Waals surface area contributed by atoms with Gasteiger partial charge in [0.1, 0.15) is 6.10 Å². The van der Waals surface area contributed by atoms with Gasteiger partial charge in [-0.3, -0.25) is 9.59 Å². The number of ether oxygens (including phenoxy) is 1. The Morgan fingerprint density at radius 1 is 1.38 bits per heavy atom. The molecule has 0 aromatic heterocycles. The smallest absolute Gasteiger partial charge is 0.254 e.